The Morgan fingerprint density at radius 1 is 1.23 bits per heavy atom. The molecule has 1 fully saturated rings. The number of likely N-dealkylation sites (tertiary alicyclic amines) is 1. The number of nitrogens with one attached hydrogen (secondary N) is 1. The number of carbonyl (C=O) groups is 1. The molecule has 2 rings (SSSR count). The highest BCUT2D eigenvalue weighted by Crippen LogP contribution is 2.32. The summed E-state index contributed by atoms with van der Waals surface area (Å²) in [6.45, 7) is -0.537. The van der Waals surface area contributed by atoms with E-state index in [1.165, 1.54) is 20.3 Å². The van der Waals surface area contributed by atoms with Crippen LogP contribution in [0.2, 0.25) is 0 Å². The summed E-state index contributed by atoms with van der Waals surface area (Å²) < 4.78 is 101. The summed E-state index contributed by atoms with van der Waals surface area (Å²) in [5.41, 5.74) is 0.459. The molecule has 0 spiro atoms. The molecule has 1 aromatic rings. The van der Waals surface area contributed by atoms with E-state index in [4.69, 9.17) is 9.47 Å². The Kier molecular flexibility index (Phi) is 7.74. The van der Waals surface area contributed by atoms with Crippen molar-refractivity contribution in [3.05, 3.63) is 23.8 Å². The molecule has 176 valence electrons. The van der Waals surface area contributed by atoms with E-state index in [9.17, 15) is 35.2 Å². The summed E-state index contributed by atoms with van der Waals surface area (Å²) in [4.78, 5) is 13.8. The van der Waals surface area contributed by atoms with Crippen LogP contribution in [0.25, 0.3) is 0 Å². The van der Waals surface area contributed by atoms with E-state index >= 15 is 0 Å². The van der Waals surface area contributed by atoms with Crippen LogP contribution in [-0.2, 0) is 21.4 Å². The van der Waals surface area contributed by atoms with Gasteiger partial charge in [0.05, 0.1) is 26.4 Å². The van der Waals surface area contributed by atoms with Crippen molar-refractivity contribution in [3.8, 4) is 11.5 Å². The van der Waals surface area contributed by atoms with E-state index < -0.39 is 59.1 Å². The number of sulfonamides is 1. The van der Waals surface area contributed by atoms with E-state index in [1.807, 2.05) is 0 Å². The number of alkyl halides is 5. The third-order valence-corrected chi connectivity index (χ3v) is 6.08. The molecule has 0 unspecified atom stereocenters. The summed E-state index contributed by atoms with van der Waals surface area (Å²) in [6.07, 6.45) is -8.28. The third-order valence-electron chi connectivity index (χ3n) is 4.69. The van der Waals surface area contributed by atoms with Crippen molar-refractivity contribution >= 4 is 15.9 Å². The van der Waals surface area contributed by atoms with Crippen molar-refractivity contribution in [1.29, 1.82) is 0 Å². The zero-order valence-corrected chi connectivity index (χ0v) is 17.7. The van der Waals surface area contributed by atoms with Crippen molar-refractivity contribution in [1.82, 2.24) is 9.62 Å². The molecular weight excluding hydrogens is 451 g/mol. The Labute approximate surface area is 176 Å². The van der Waals surface area contributed by atoms with Crippen molar-refractivity contribution in [2.75, 3.05) is 26.5 Å². The molecule has 1 heterocycles. The molecule has 1 aliphatic rings. The predicted octanol–water partition coefficient (Wildman–Crippen LogP) is 2.70. The van der Waals surface area contributed by atoms with Crippen LogP contribution in [0.5, 0.6) is 11.5 Å². The molecule has 0 bridgehead atoms. The molecule has 1 aliphatic heterocycles. The molecule has 1 saturated heterocycles. The largest absolute Gasteiger partial charge is 0.497 e. The van der Waals surface area contributed by atoms with E-state index in [0.29, 0.717) is 17.1 Å². The van der Waals surface area contributed by atoms with Crippen LogP contribution in [0.1, 0.15) is 24.8 Å². The van der Waals surface area contributed by atoms with Gasteiger partial charge in [0.25, 0.3) is 5.92 Å². The second kappa shape index (κ2) is 9.55. The van der Waals surface area contributed by atoms with Gasteiger partial charge in [-0.2, -0.15) is 13.2 Å². The number of carbonyl (C=O) groups excluding carboxylic acids is 1. The molecule has 1 N–H and O–H groups in total. The maximum Gasteiger partial charge on any atom is 0.390 e. The summed E-state index contributed by atoms with van der Waals surface area (Å²) >= 11 is 0. The SMILES string of the molecule is COc1ccc(CN2CCC(F)(F)C[C@@H](NS(=O)(=O)CCC(F)(F)F)C2=O)c(OC)c1. The van der Waals surface area contributed by atoms with Crippen molar-refractivity contribution < 1.29 is 44.6 Å². The Morgan fingerprint density at radius 2 is 1.90 bits per heavy atom. The quantitative estimate of drug-likeness (QED) is 0.586. The van der Waals surface area contributed by atoms with Crippen molar-refractivity contribution in [2.45, 2.75) is 43.9 Å². The first-order chi connectivity index (χ1) is 14.3. The van der Waals surface area contributed by atoms with E-state index in [2.05, 4.69) is 0 Å². The number of ether oxygens (including phenoxy) is 2. The van der Waals surface area contributed by atoms with Crippen LogP contribution in [-0.4, -0.2) is 63.9 Å². The average Bonchev–Trinajstić information content (AvgIpc) is 2.77. The van der Waals surface area contributed by atoms with Gasteiger partial charge in [-0.05, 0) is 12.1 Å². The maximum absolute atomic E-state index is 14.2. The Bertz CT molecular complexity index is 892. The van der Waals surface area contributed by atoms with Gasteiger partial charge in [-0.3, -0.25) is 4.79 Å². The van der Waals surface area contributed by atoms with Gasteiger partial charge in [0.1, 0.15) is 17.5 Å². The number of benzene rings is 1. The molecule has 0 aromatic heterocycles. The highest BCUT2D eigenvalue weighted by Gasteiger charge is 2.43. The van der Waals surface area contributed by atoms with Gasteiger partial charge in [-0.15, -0.1) is 0 Å². The first-order valence-corrected chi connectivity index (χ1v) is 10.8. The first kappa shape index (κ1) is 25.1. The van der Waals surface area contributed by atoms with E-state index in [0.717, 1.165) is 4.90 Å². The lowest BCUT2D eigenvalue weighted by atomic mass is 10.1. The molecule has 1 amide bonds. The van der Waals surface area contributed by atoms with Crippen LogP contribution < -0.4 is 14.2 Å². The molecule has 0 aliphatic carbocycles. The monoisotopic (exact) mass is 474 g/mol. The lowest BCUT2D eigenvalue weighted by molar-refractivity contribution is -0.133. The zero-order valence-electron chi connectivity index (χ0n) is 16.8. The highest BCUT2D eigenvalue weighted by atomic mass is 32.2. The zero-order chi connectivity index (χ0) is 23.4. The number of rotatable bonds is 8. The van der Waals surface area contributed by atoms with Crippen LogP contribution >= 0.6 is 0 Å². The lowest BCUT2D eigenvalue weighted by Gasteiger charge is -2.25. The van der Waals surface area contributed by atoms with Crippen molar-refractivity contribution in [2.24, 2.45) is 0 Å². The molecular formula is C18H23F5N2O5S. The minimum atomic E-state index is -4.75. The number of nitrogens with zero attached hydrogens (tertiary/aromatic N) is 1. The predicted molar refractivity (Wildman–Crippen MR) is 101 cm³/mol. The fourth-order valence-electron chi connectivity index (χ4n) is 3.08. The molecule has 1 aromatic carbocycles. The van der Waals surface area contributed by atoms with Gasteiger partial charge in [-0.25, -0.2) is 21.9 Å². The fraction of sp³-hybridized carbons (Fsp3) is 0.611. The summed E-state index contributed by atoms with van der Waals surface area (Å²) in [6, 6.07) is 2.78. The molecule has 31 heavy (non-hydrogen) atoms. The topological polar surface area (TPSA) is 84.9 Å². The minimum Gasteiger partial charge on any atom is -0.497 e. The van der Waals surface area contributed by atoms with Crippen molar-refractivity contribution in [3.63, 3.8) is 0 Å². The Morgan fingerprint density at radius 3 is 2.48 bits per heavy atom. The average molecular weight is 474 g/mol. The van der Waals surface area contributed by atoms with Crippen LogP contribution in [0.15, 0.2) is 18.2 Å². The number of amides is 1. The summed E-state index contributed by atoms with van der Waals surface area (Å²) in [7, 11) is -1.82. The fourth-order valence-corrected chi connectivity index (χ4v) is 4.32. The van der Waals surface area contributed by atoms with Crippen LogP contribution in [0, 0.1) is 0 Å². The highest BCUT2D eigenvalue weighted by molar-refractivity contribution is 7.89. The van der Waals surface area contributed by atoms with Gasteiger partial charge >= 0.3 is 6.18 Å². The first-order valence-electron chi connectivity index (χ1n) is 9.19. The Hall–Kier alpha value is -2.15. The lowest BCUT2D eigenvalue weighted by Crippen LogP contribution is -2.48. The van der Waals surface area contributed by atoms with E-state index in [-0.39, 0.29) is 13.1 Å². The molecule has 0 saturated carbocycles. The van der Waals surface area contributed by atoms with Gasteiger partial charge in [0.15, 0.2) is 0 Å². The van der Waals surface area contributed by atoms with Gasteiger partial charge in [-0.1, -0.05) is 0 Å². The standard InChI is InChI=1S/C18H23F5N2O5S/c1-29-13-4-3-12(15(9-13)30-2)11-25-7-5-17(19,20)10-14(16(25)26)24-31(27,28)8-6-18(21,22)23/h3-4,9,14,24H,5-8,10-11H2,1-2H3/t14-/m1/s1. The second-order valence-corrected chi connectivity index (χ2v) is 8.98. The van der Waals surface area contributed by atoms with Crippen LogP contribution in [0.4, 0.5) is 22.0 Å². The van der Waals surface area contributed by atoms with Gasteiger partial charge in [0, 0.05) is 37.6 Å². The third kappa shape index (κ3) is 7.49. The summed E-state index contributed by atoms with van der Waals surface area (Å²) in [5, 5.41) is 0. The van der Waals surface area contributed by atoms with E-state index in [1.54, 1.807) is 16.9 Å². The van der Waals surface area contributed by atoms with Gasteiger partial charge < -0.3 is 14.4 Å². The molecule has 0 radical (unpaired) electrons. The number of halogens is 5. The number of hydrogen-bond donors (Lipinski definition) is 1. The molecule has 1 atom stereocenters. The minimum absolute atomic E-state index is 0.164. The molecule has 13 heteroatoms. The Balaban J connectivity index is 2.24. The second-order valence-electron chi connectivity index (χ2n) is 7.10. The van der Waals surface area contributed by atoms with Crippen LogP contribution in [0.3, 0.4) is 0 Å². The normalized spacial score (nSPS) is 19.8. The van der Waals surface area contributed by atoms with Gasteiger partial charge in [0.2, 0.25) is 15.9 Å². The smallest absolute Gasteiger partial charge is 0.390 e. The number of methoxy groups -OCH3 is 2. The maximum atomic E-state index is 14.2. The summed E-state index contributed by atoms with van der Waals surface area (Å²) in [5.74, 6) is -4.91. The number of hydrogen-bond acceptors (Lipinski definition) is 5. The molecule has 7 nitrogen and oxygen atoms in total.